The number of nitrogens with zero attached hydrogens (tertiary/aromatic N) is 1. The Balaban J connectivity index is 1.97. The van der Waals surface area contributed by atoms with Crippen LogP contribution in [0.1, 0.15) is 35.8 Å². The third kappa shape index (κ3) is 6.00. The smallest absolute Gasteiger partial charge is 0.251 e. The molecule has 0 aliphatic heterocycles. The first-order chi connectivity index (χ1) is 13.3. The van der Waals surface area contributed by atoms with Crippen molar-refractivity contribution in [1.29, 1.82) is 0 Å². The van der Waals surface area contributed by atoms with E-state index >= 15 is 0 Å². The highest BCUT2D eigenvalue weighted by atomic mass is 32.2. The normalized spacial score (nSPS) is 13.0. The van der Waals surface area contributed by atoms with Crippen molar-refractivity contribution in [2.24, 2.45) is 0 Å². The lowest BCUT2D eigenvalue weighted by atomic mass is 10.1. The minimum Gasteiger partial charge on any atom is -0.352 e. The molecule has 0 aliphatic carbocycles. The van der Waals surface area contributed by atoms with E-state index in [1.54, 1.807) is 30.5 Å². The second kappa shape index (κ2) is 10.1. The number of hydrogen-bond acceptors (Lipinski definition) is 4. The molecular weight excluding hydrogens is 374 g/mol. The van der Waals surface area contributed by atoms with Crippen molar-refractivity contribution in [3.63, 3.8) is 0 Å². The van der Waals surface area contributed by atoms with Gasteiger partial charge in [-0.2, -0.15) is 0 Å². The minimum absolute atomic E-state index is 0.0201. The molecule has 2 atom stereocenters. The standard InChI is InChI=1S/C21H27N3O3S/c1-5-22-21(26)17-7-6-8-18(13-17)23-20(25)14-24(3)15(2)16-9-11-19(12-10-16)28(4)27/h6-13,15H,5,14H2,1-4H3,(H,22,26)(H,23,25)/t15-,28+/m1/s1. The Morgan fingerprint density at radius 2 is 1.82 bits per heavy atom. The van der Waals surface area contributed by atoms with Gasteiger partial charge in [0, 0.05) is 45.8 Å². The van der Waals surface area contributed by atoms with E-state index in [-0.39, 0.29) is 24.4 Å². The maximum absolute atomic E-state index is 12.4. The van der Waals surface area contributed by atoms with E-state index in [1.807, 2.05) is 50.1 Å². The number of hydrogen-bond donors (Lipinski definition) is 2. The Kier molecular flexibility index (Phi) is 7.90. The van der Waals surface area contributed by atoms with E-state index in [1.165, 1.54) is 0 Å². The molecule has 28 heavy (non-hydrogen) atoms. The molecule has 0 heterocycles. The van der Waals surface area contributed by atoms with Gasteiger partial charge in [-0.25, -0.2) is 0 Å². The molecule has 150 valence electrons. The predicted octanol–water partition coefficient (Wildman–Crippen LogP) is 2.81. The molecule has 0 unspecified atom stereocenters. The van der Waals surface area contributed by atoms with Crippen LogP contribution in [0, 0.1) is 0 Å². The van der Waals surface area contributed by atoms with Crippen molar-refractivity contribution in [3.8, 4) is 0 Å². The molecule has 2 aromatic rings. The Hall–Kier alpha value is -2.51. The van der Waals surface area contributed by atoms with Crippen LogP contribution in [0.2, 0.25) is 0 Å². The van der Waals surface area contributed by atoms with Crippen molar-refractivity contribution in [2.45, 2.75) is 24.8 Å². The van der Waals surface area contributed by atoms with E-state index in [4.69, 9.17) is 0 Å². The van der Waals surface area contributed by atoms with E-state index in [2.05, 4.69) is 10.6 Å². The average Bonchev–Trinajstić information content (AvgIpc) is 2.67. The SMILES string of the molecule is CCNC(=O)c1cccc(NC(=O)CN(C)[C@H](C)c2ccc([S@](C)=O)cc2)c1. The van der Waals surface area contributed by atoms with Crippen LogP contribution < -0.4 is 10.6 Å². The molecule has 0 bridgehead atoms. The summed E-state index contributed by atoms with van der Waals surface area (Å²) in [5.41, 5.74) is 2.14. The zero-order valence-electron chi connectivity index (χ0n) is 16.7. The molecule has 2 N–H and O–H groups in total. The maximum atomic E-state index is 12.4. The highest BCUT2D eigenvalue weighted by Gasteiger charge is 2.16. The first kappa shape index (κ1) is 21.8. The summed E-state index contributed by atoms with van der Waals surface area (Å²) < 4.78 is 11.5. The molecule has 2 aromatic carbocycles. The molecule has 0 saturated heterocycles. The largest absolute Gasteiger partial charge is 0.352 e. The number of likely N-dealkylation sites (N-methyl/N-ethyl adjacent to an activating group) is 1. The minimum atomic E-state index is -1.01. The maximum Gasteiger partial charge on any atom is 0.251 e. The average molecular weight is 402 g/mol. The lowest BCUT2D eigenvalue weighted by molar-refractivity contribution is -0.117. The predicted molar refractivity (Wildman–Crippen MR) is 113 cm³/mol. The van der Waals surface area contributed by atoms with Gasteiger partial charge >= 0.3 is 0 Å². The molecule has 0 spiro atoms. The number of carbonyl (C=O) groups excluding carboxylic acids is 2. The highest BCUT2D eigenvalue weighted by Crippen LogP contribution is 2.20. The first-order valence-corrected chi connectivity index (χ1v) is 10.7. The zero-order valence-corrected chi connectivity index (χ0v) is 17.5. The van der Waals surface area contributed by atoms with E-state index in [0.717, 1.165) is 10.5 Å². The third-order valence-electron chi connectivity index (χ3n) is 4.49. The molecule has 0 aliphatic rings. The number of nitrogens with one attached hydrogen (secondary N) is 2. The fourth-order valence-electron chi connectivity index (χ4n) is 2.76. The van der Waals surface area contributed by atoms with Gasteiger partial charge < -0.3 is 10.6 Å². The molecule has 0 radical (unpaired) electrons. The van der Waals surface area contributed by atoms with Gasteiger partial charge in [-0.3, -0.25) is 18.7 Å². The topological polar surface area (TPSA) is 78.5 Å². The summed E-state index contributed by atoms with van der Waals surface area (Å²) in [5.74, 6) is -0.325. The van der Waals surface area contributed by atoms with Crippen LogP contribution in [-0.4, -0.2) is 47.3 Å². The summed E-state index contributed by atoms with van der Waals surface area (Å²) >= 11 is 0. The Labute approximate surface area is 168 Å². The molecular formula is C21H27N3O3S. The van der Waals surface area contributed by atoms with Crippen molar-refractivity contribution in [1.82, 2.24) is 10.2 Å². The van der Waals surface area contributed by atoms with E-state index in [0.29, 0.717) is 17.8 Å². The zero-order chi connectivity index (χ0) is 20.7. The molecule has 2 rings (SSSR count). The molecule has 2 amide bonds. The number of anilines is 1. The lowest BCUT2D eigenvalue weighted by Crippen LogP contribution is -2.32. The fourth-order valence-corrected chi connectivity index (χ4v) is 3.28. The fraction of sp³-hybridized carbons (Fsp3) is 0.333. The second-order valence-corrected chi connectivity index (χ2v) is 7.98. The summed E-state index contributed by atoms with van der Waals surface area (Å²) in [6, 6.07) is 14.5. The third-order valence-corrected chi connectivity index (χ3v) is 5.43. The Bertz CT molecular complexity index is 852. The van der Waals surface area contributed by atoms with Crippen LogP contribution in [0.15, 0.2) is 53.4 Å². The molecule has 0 aromatic heterocycles. The summed E-state index contributed by atoms with van der Waals surface area (Å²) in [7, 11) is 0.870. The van der Waals surface area contributed by atoms with Gasteiger partial charge in [0.1, 0.15) is 0 Å². The Morgan fingerprint density at radius 1 is 1.14 bits per heavy atom. The van der Waals surface area contributed by atoms with E-state index in [9.17, 15) is 13.8 Å². The number of carbonyl (C=O) groups is 2. The van der Waals surface area contributed by atoms with Crippen molar-refractivity contribution < 1.29 is 13.8 Å². The first-order valence-electron chi connectivity index (χ1n) is 9.13. The van der Waals surface area contributed by atoms with Gasteiger partial charge in [0.05, 0.1) is 6.54 Å². The molecule has 6 nitrogen and oxygen atoms in total. The number of amides is 2. The van der Waals surface area contributed by atoms with Crippen LogP contribution in [-0.2, 0) is 15.6 Å². The number of benzene rings is 2. The molecule has 7 heteroatoms. The van der Waals surface area contributed by atoms with Gasteiger partial charge in [-0.1, -0.05) is 18.2 Å². The van der Waals surface area contributed by atoms with Gasteiger partial charge in [0.2, 0.25) is 5.91 Å². The summed E-state index contributed by atoms with van der Waals surface area (Å²) in [5, 5.41) is 5.58. The molecule has 0 saturated carbocycles. The van der Waals surface area contributed by atoms with Gasteiger partial charge in [-0.05, 0) is 56.8 Å². The lowest BCUT2D eigenvalue weighted by Gasteiger charge is -2.24. The Morgan fingerprint density at radius 3 is 2.43 bits per heavy atom. The van der Waals surface area contributed by atoms with Gasteiger partial charge in [0.25, 0.3) is 5.91 Å². The van der Waals surface area contributed by atoms with Crippen LogP contribution >= 0.6 is 0 Å². The van der Waals surface area contributed by atoms with Crippen molar-refractivity contribution in [3.05, 3.63) is 59.7 Å². The second-order valence-electron chi connectivity index (χ2n) is 6.60. The van der Waals surface area contributed by atoms with E-state index < -0.39 is 10.8 Å². The van der Waals surface area contributed by atoms with Crippen LogP contribution in [0.3, 0.4) is 0 Å². The highest BCUT2D eigenvalue weighted by molar-refractivity contribution is 7.84. The monoisotopic (exact) mass is 401 g/mol. The summed E-state index contributed by atoms with van der Waals surface area (Å²) in [6.45, 7) is 4.62. The van der Waals surface area contributed by atoms with Crippen LogP contribution in [0.5, 0.6) is 0 Å². The van der Waals surface area contributed by atoms with Gasteiger partial charge in [0.15, 0.2) is 0 Å². The summed E-state index contributed by atoms with van der Waals surface area (Å²) in [6.07, 6.45) is 1.65. The van der Waals surface area contributed by atoms with Crippen molar-refractivity contribution >= 4 is 28.3 Å². The quantitative estimate of drug-likeness (QED) is 0.713. The van der Waals surface area contributed by atoms with Crippen molar-refractivity contribution in [2.75, 3.05) is 31.7 Å². The van der Waals surface area contributed by atoms with Crippen LogP contribution in [0.25, 0.3) is 0 Å². The van der Waals surface area contributed by atoms with Crippen LogP contribution in [0.4, 0.5) is 5.69 Å². The van der Waals surface area contributed by atoms with Gasteiger partial charge in [-0.15, -0.1) is 0 Å². The summed E-state index contributed by atoms with van der Waals surface area (Å²) in [4.78, 5) is 27.0. The number of rotatable bonds is 8. The molecule has 0 fully saturated rings.